The molecule has 1 amide bonds. The Morgan fingerprint density at radius 2 is 2.12 bits per heavy atom. The van der Waals surface area contributed by atoms with Crippen LogP contribution < -0.4 is 10.1 Å². The molecule has 0 aliphatic carbocycles. The van der Waals surface area contributed by atoms with Crippen molar-refractivity contribution in [3.8, 4) is 5.75 Å². The number of nitrogens with zero attached hydrogens (tertiary/aromatic N) is 2. The fourth-order valence-corrected chi connectivity index (χ4v) is 2.83. The Kier molecular flexibility index (Phi) is 3.23. The Bertz CT molecular complexity index is 1060. The van der Waals surface area contributed by atoms with Crippen LogP contribution in [0.4, 0.5) is 5.95 Å². The van der Waals surface area contributed by atoms with Gasteiger partial charge in [-0.2, -0.15) is 0 Å². The van der Waals surface area contributed by atoms with E-state index in [-0.39, 0.29) is 5.91 Å². The number of methoxy groups -OCH3 is 1. The van der Waals surface area contributed by atoms with Gasteiger partial charge < -0.3 is 14.3 Å². The molecule has 4 rings (SSSR count). The van der Waals surface area contributed by atoms with Crippen LogP contribution in [0.2, 0.25) is 0 Å². The van der Waals surface area contributed by atoms with Gasteiger partial charge >= 0.3 is 0 Å². The van der Waals surface area contributed by atoms with Crippen LogP contribution in [-0.2, 0) is 7.05 Å². The molecular formula is C18H16N4O2. The van der Waals surface area contributed by atoms with Gasteiger partial charge in [-0.3, -0.25) is 10.1 Å². The van der Waals surface area contributed by atoms with Crippen LogP contribution in [0.5, 0.6) is 5.75 Å². The number of carbonyl (C=O) groups is 1. The first-order valence-corrected chi connectivity index (χ1v) is 7.55. The molecule has 24 heavy (non-hydrogen) atoms. The molecule has 6 heteroatoms. The number of aromatic amines is 1. The topological polar surface area (TPSA) is 71.9 Å². The largest absolute Gasteiger partial charge is 0.494 e. The number of rotatable bonds is 3. The SMILES string of the molecule is COc1cccc2c1nc(NC(=O)c1ccc3cc[nH]c3c1)n2C. The van der Waals surface area contributed by atoms with E-state index in [0.29, 0.717) is 17.3 Å². The van der Waals surface area contributed by atoms with Crippen LogP contribution in [0, 0.1) is 0 Å². The summed E-state index contributed by atoms with van der Waals surface area (Å²) in [5.74, 6) is 0.950. The lowest BCUT2D eigenvalue weighted by Gasteiger charge is -2.05. The molecule has 0 aliphatic rings. The third kappa shape index (κ3) is 2.20. The quantitative estimate of drug-likeness (QED) is 0.608. The van der Waals surface area contributed by atoms with E-state index in [1.807, 2.05) is 54.2 Å². The van der Waals surface area contributed by atoms with Crippen LogP contribution in [0.25, 0.3) is 21.9 Å². The molecule has 6 nitrogen and oxygen atoms in total. The Morgan fingerprint density at radius 3 is 2.96 bits per heavy atom. The predicted molar refractivity (Wildman–Crippen MR) is 93.5 cm³/mol. The van der Waals surface area contributed by atoms with Crippen molar-refractivity contribution < 1.29 is 9.53 Å². The van der Waals surface area contributed by atoms with Crippen molar-refractivity contribution in [2.45, 2.75) is 0 Å². The summed E-state index contributed by atoms with van der Waals surface area (Å²) in [4.78, 5) is 20.2. The molecule has 2 aromatic heterocycles. The van der Waals surface area contributed by atoms with Crippen molar-refractivity contribution in [3.05, 3.63) is 54.2 Å². The Balaban J connectivity index is 1.70. The smallest absolute Gasteiger partial charge is 0.258 e. The number of carbonyl (C=O) groups excluding carboxylic acids is 1. The van der Waals surface area contributed by atoms with Crippen LogP contribution in [0.1, 0.15) is 10.4 Å². The maximum atomic E-state index is 12.6. The number of nitrogens with one attached hydrogen (secondary N) is 2. The van der Waals surface area contributed by atoms with E-state index in [1.54, 1.807) is 13.2 Å². The lowest BCUT2D eigenvalue weighted by Crippen LogP contribution is -2.14. The molecule has 0 spiro atoms. The second-order valence-electron chi connectivity index (χ2n) is 5.56. The number of benzene rings is 2. The molecule has 0 radical (unpaired) electrons. The molecular weight excluding hydrogens is 304 g/mol. The summed E-state index contributed by atoms with van der Waals surface area (Å²) in [6.07, 6.45) is 1.85. The summed E-state index contributed by atoms with van der Waals surface area (Å²) in [5, 5.41) is 3.94. The first-order chi connectivity index (χ1) is 11.7. The number of hydrogen-bond acceptors (Lipinski definition) is 3. The standard InChI is InChI=1S/C18H16N4O2/c1-22-14-4-3-5-15(24-2)16(14)20-18(22)21-17(23)12-7-6-11-8-9-19-13(11)10-12/h3-10,19H,1-2H3,(H,20,21,23). The number of hydrogen-bond donors (Lipinski definition) is 2. The highest BCUT2D eigenvalue weighted by atomic mass is 16.5. The number of imidazole rings is 1. The van der Waals surface area contributed by atoms with Crippen molar-refractivity contribution in [2.75, 3.05) is 12.4 Å². The van der Waals surface area contributed by atoms with Crippen molar-refractivity contribution in [1.29, 1.82) is 0 Å². The van der Waals surface area contributed by atoms with Gasteiger partial charge in [0.25, 0.3) is 5.91 Å². The van der Waals surface area contributed by atoms with Gasteiger partial charge in [-0.15, -0.1) is 0 Å². The molecule has 0 unspecified atom stereocenters. The fourth-order valence-electron chi connectivity index (χ4n) is 2.83. The van der Waals surface area contributed by atoms with Gasteiger partial charge in [0.15, 0.2) is 0 Å². The first kappa shape index (κ1) is 14.3. The zero-order valence-corrected chi connectivity index (χ0v) is 13.3. The van der Waals surface area contributed by atoms with Crippen molar-refractivity contribution in [1.82, 2.24) is 14.5 Å². The van der Waals surface area contributed by atoms with Crippen molar-refractivity contribution in [2.24, 2.45) is 7.05 Å². The second-order valence-corrected chi connectivity index (χ2v) is 5.56. The first-order valence-electron chi connectivity index (χ1n) is 7.55. The van der Waals surface area contributed by atoms with Gasteiger partial charge in [0, 0.05) is 24.3 Å². The monoisotopic (exact) mass is 320 g/mol. The third-order valence-corrected chi connectivity index (χ3v) is 4.14. The minimum absolute atomic E-state index is 0.205. The molecule has 0 aliphatic heterocycles. The predicted octanol–water partition coefficient (Wildman–Crippen LogP) is 3.32. The van der Waals surface area contributed by atoms with Crippen LogP contribution >= 0.6 is 0 Å². The lowest BCUT2D eigenvalue weighted by molar-refractivity contribution is 0.102. The summed E-state index contributed by atoms with van der Waals surface area (Å²) in [5.41, 5.74) is 3.11. The number of aryl methyl sites for hydroxylation is 1. The summed E-state index contributed by atoms with van der Waals surface area (Å²) in [7, 11) is 3.46. The van der Waals surface area contributed by atoms with Crippen molar-refractivity contribution in [3.63, 3.8) is 0 Å². The van der Waals surface area contributed by atoms with Crippen LogP contribution in [-0.4, -0.2) is 27.6 Å². The minimum Gasteiger partial charge on any atom is -0.494 e. The zero-order chi connectivity index (χ0) is 16.7. The van der Waals surface area contributed by atoms with E-state index in [4.69, 9.17) is 4.74 Å². The molecule has 0 saturated carbocycles. The fraction of sp³-hybridized carbons (Fsp3) is 0.111. The molecule has 120 valence electrons. The highest BCUT2D eigenvalue weighted by molar-refractivity contribution is 6.06. The number of amides is 1. The Hall–Kier alpha value is -3.28. The Labute approximate surface area is 138 Å². The molecule has 0 saturated heterocycles. The maximum Gasteiger partial charge on any atom is 0.258 e. The summed E-state index contributed by atoms with van der Waals surface area (Å²) in [6, 6.07) is 13.2. The van der Waals surface area contributed by atoms with Crippen molar-refractivity contribution >= 4 is 33.8 Å². The number of anilines is 1. The highest BCUT2D eigenvalue weighted by Gasteiger charge is 2.15. The molecule has 0 bridgehead atoms. The van der Waals surface area contributed by atoms with Gasteiger partial charge in [0.2, 0.25) is 5.95 Å². The maximum absolute atomic E-state index is 12.6. The van der Waals surface area contributed by atoms with E-state index in [0.717, 1.165) is 21.9 Å². The van der Waals surface area contributed by atoms with Gasteiger partial charge in [-0.25, -0.2) is 4.98 Å². The zero-order valence-electron chi connectivity index (χ0n) is 13.3. The van der Waals surface area contributed by atoms with Gasteiger partial charge in [0.05, 0.1) is 12.6 Å². The summed E-state index contributed by atoms with van der Waals surface area (Å²) >= 11 is 0. The van der Waals surface area contributed by atoms with E-state index < -0.39 is 0 Å². The van der Waals surface area contributed by atoms with E-state index in [9.17, 15) is 4.79 Å². The number of para-hydroxylation sites is 1. The second kappa shape index (κ2) is 5.42. The summed E-state index contributed by atoms with van der Waals surface area (Å²) in [6.45, 7) is 0. The minimum atomic E-state index is -0.205. The number of aromatic nitrogens is 3. The van der Waals surface area contributed by atoms with E-state index >= 15 is 0 Å². The molecule has 2 heterocycles. The van der Waals surface area contributed by atoms with Crippen LogP contribution in [0.15, 0.2) is 48.7 Å². The molecule has 4 aromatic rings. The summed E-state index contributed by atoms with van der Waals surface area (Å²) < 4.78 is 7.17. The molecule has 2 aromatic carbocycles. The Morgan fingerprint density at radius 1 is 1.25 bits per heavy atom. The van der Waals surface area contributed by atoms with Gasteiger partial charge in [0.1, 0.15) is 11.3 Å². The number of fused-ring (bicyclic) bond motifs is 2. The van der Waals surface area contributed by atoms with E-state index in [2.05, 4.69) is 15.3 Å². The van der Waals surface area contributed by atoms with Gasteiger partial charge in [-0.05, 0) is 35.7 Å². The average molecular weight is 320 g/mol. The lowest BCUT2D eigenvalue weighted by atomic mass is 10.1. The molecule has 0 fully saturated rings. The third-order valence-electron chi connectivity index (χ3n) is 4.14. The molecule has 0 atom stereocenters. The van der Waals surface area contributed by atoms with Gasteiger partial charge in [-0.1, -0.05) is 12.1 Å². The number of H-pyrrole nitrogens is 1. The van der Waals surface area contributed by atoms with Crippen LogP contribution in [0.3, 0.4) is 0 Å². The average Bonchev–Trinajstić information content (AvgIpc) is 3.19. The normalized spacial score (nSPS) is 11.1. The highest BCUT2D eigenvalue weighted by Crippen LogP contribution is 2.27. The van der Waals surface area contributed by atoms with E-state index in [1.165, 1.54) is 0 Å². The number of ether oxygens (including phenoxy) is 1. The molecule has 2 N–H and O–H groups in total.